The Labute approximate surface area is 291 Å². The Morgan fingerprint density at radius 1 is 0.400 bits per heavy atom. The highest BCUT2D eigenvalue weighted by atomic mass is 15.3. The van der Waals surface area contributed by atoms with Gasteiger partial charge in [-0.05, 0) is 85.3 Å². The first kappa shape index (κ1) is 29.4. The third-order valence-corrected chi connectivity index (χ3v) is 9.41. The van der Waals surface area contributed by atoms with Crippen molar-refractivity contribution in [2.75, 3.05) is 4.90 Å². The van der Waals surface area contributed by atoms with Gasteiger partial charge < -0.3 is 9.47 Å². The largest absolute Gasteiger partial charge is 0.311 e. The van der Waals surface area contributed by atoms with Crippen molar-refractivity contribution >= 4 is 38.9 Å². The van der Waals surface area contributed by atoms with Gasteiger partial charge >= 0.3 is 0 Å². The van der Waals surface area contributed by atoms with E-state index < -0.39 is 0 Å². The lowest BCUT2D eigenvalue weighted by Gasteiger charge is -2.26. The molecule has 7 aromatic carbocycles. The molecule has 5 heteroatoms. The summed E-state index contributed by atoms with van der Waals surface area (Å²) in [5.74, 6) is 1.62. The summed E-state index contributed by atoms with van der Waals surface area (Å²) in [5.41, 5.74) is 10.9. The molecule has 0 aliphatic rings. The maximum Gasteiger partial charge on any atom is 0.169 e. The van der Waals surface area contributed by atoms with E-state index in [4.69, 9.17) is 10.2 Å². The molecule has 2 aromatic heterocycles. The minimum atomic E-state index is 0.803. The van der Waals surface area contributed by atoms with Crippen molar-refractivity contribution in [1.82, 2.24) is 19.3 Å². The predicted molar refractivity (Wildman–Crippen MR) is 206 cm³/mol. The average Bonchev–Trinajstić information content (AvgIpc) is 3.77. The number of benzene rings is 7. The Balaban J connectivity index is 1.14. The molecule has 0 amide bonds. The summed E-state index contributed by atoms with van der Waals surface area (Å²) in [6.45, 7) is 2.11. The van der Waals surface area contributed by atoms with Crippen LogP contribution in [0.25, 0.3) is 56.0 Å². The predicted octanol–water partition coefficient (Wildman–Crippen LogP) is 11.5. The third-order valence-electron chi connectivity index (χ3n) is 9.41. The quantitative estimate of drug-likeness (QED) is 0.173. The van der Waals surface area contributed by atoms with E-state index >= 15 is 0 Å². The van der Waals surface area contributed by atoms with Crippen molar-refractivity contribution in [2.24, 2.45) is 0 Å². The van der Waals surface area contributed by atoms with Crippen LogP contribution in [-0.4, -0.2) is 19.3 Å². The molecule has 0 unspecified atom stereocenters. The van der Waals surface area contributed by atoms with E-state index in [1.54, 1.807) is 0 Å². The lowest BCUT2D eigenvalue weighted by Crippen LogP contribution is -2.10. The number of hydrogen-bond acceptors (Lipinski definition) is 3. The van der Waals surface area contributed by atoms with Gasteiger partial charge in [0.1, 0.15) is 0 Å². The van der Waals surface area contributed by atoms with Gasteiger partial charge in [0, 0.05) is 50.3 Å². The molecule has 0 saturated heterocycles. The Bertz CT molecular complexity index is 2530. The van der Waals surface area contributed by atoms with E-state index in [1.807, 2.05) is 18.2 Å². The lowest BCUT2D eigenvalue weighted by atomic mass is 10.1. The van der Waals surface area contributed by atoms with Gasteiger partial charge in [0.15, 0.2) is 11.6 Å². The summed E-state index contributed by atoms with van der Waals surface area (Å²) in [6.07, 6.45) is 0. The molecule has 2 heterocycles. The minimum Gasteiger partial charge on any atom is -0.311 e. The zero-order chi connectivity index (χ0) is 33.4. The van der Waals surface area contributed by atoms with E-state index in [-0.39, 0.29) is 0 Å². The summed E-state index contributed by atoms with van der Waals surface area (Å²) in [5, 5.41) is 11.9. The van der Waals surface area contributed by atoms with Crippen LogP contribution in [0.2, 0.25) is 0 Å². The standard InChI is InChI=1S/C45H33N5/c1-32-14-8-9-19-39(32)45-47-46-44(33-15-4-2-5-16-33)50(45)38-30-26-36(27-31-38)48(34-17-6-3-7-18-34)35-24-28-37(29-25-35)49-42-22-12-10-20-40(42)41-21-11-13-23-43(41)49/h2-31H,1H3. The molecule has 50 heavy (non-hydrogen) atoms. The van der Waals surface area contributed by atoms with Crippen LogP contribution in [0.15, 0.2) is 182 Å². The Kier molecular flexibility index (Phi) is 7.29. The van der Waals surface area contributed by atoms with E-state index in [0.717, 1.165) is 56.8 Å². The average molecular weight is 644 g/mol. The number of fused-ring (bicyclic) bond motifs is 3. The first-order valence-electron chi connectivity index (χ1n) is 16.9. The van der Waals surface area contributed by atoms with Crippen LogP contribution >= 0.6 is 0 Å². The summed E-state index contributed by atoms with van der Waals surface area (Å²) in [6, 6.07) is 63.9. The van der Waals surface area contributed by atoms with E-state index in [9.17, 15) is 0 Å². The van der Waals surface area contributed by atoms with Crippen LogP contribution in [0.1, 0.15) is 5.56 Å². The third kappa shape index (κ3) is 5.04. The maximum atomic E-state index is 4.72. The number of hydrogen-bond donors (Lipinski definition) is 0. The Morgan fingerprint density at radius 2 is 0.860 bits per heavy atom. The van der Waals surface area contributed by atoms with E-state index in [1.165, 1.54) is 21.8 Å². The lowest BCUT2D eigenvalue weighted by molar-refractivity contribution is 1.07. The summed E-state index contributed by atoms with van der Waals surface area (Å²) < 4.78 is 4.51. The molecule has 0 aliphatic carbocycles. The second-order valence-corrected chi connectivity index (χ2v) is 12.4. The zero-order valence-corrected chi connectivity index (χ0v) is 27.6. The highest BCUT2D eigenvalue weighted by Crippen LogP contribution is 2.38. The minimum absolute atomic E-state index is 0.803. The van der Waals surface area contributed by atoms with Gasteiger partial charge in [-0.15, -0.1) is 10.2 Å². The molecule has 0 spiro atoms. The molecular formula is C45H33N5. The first-order chi connectivity index (χ1) is 24.7. The molecule has 0 atom stereocenters. The molecule has 0 fully saturated rings. The molecule has 0 saturated carbocycles. The maximum absolute atomic E-state index is 4.72. The van der Waals surface area contributed by atoms with Crippen molar-refractivity contribution in [3.8, 4) is 34.2 Å². The summed E-state index contributed by atoms with van der Waals surface area (Å²) >= 11 is 0. The van der Waals surface area contributed by atoms with Crippen LogP contribution in [-0.2, 0) is 0 Å². The monoisotopic (exact) mass is 643 g/mol. The van der Waals surface area contributed by atoms with Gasteiger partial charge in [0.05, 0.1) is 11.0 Å². The fraction of sp³-hybridized carbons (Fsp3) is 0.0222. The van der Waals surface area contributed by atoms with Crippen molar-refractivity contribution in [2.45, 2.75) is 6.92 Å². The van der Waals surface area contributed by atoms with Gasteiger partial charge in [0.2, 0.25) is 0 Å². The van der Waals surface area contributed by atoms with Gasteiger partial charge in [-0.2, -0.15) is 0 Å². The fourth-order valence-corrected chi connectivity index (χ4v) is 7.03. The van der Waals surface area contributed by atoms with Crippen molar-refractivity contribution in [3.63, 3.8) is 0 Å². The van der Waals surface area contributed by atoms with Crippen LogP contribution in [0.5, 0.6) is 0 Å². The van der Waals surface area contributed by atoms with Crippen molar-refractivity contribution in [1.29, 1.82) is 0 Å². The molecule has 9 rings (SSSR count). The van der Waals surface area contributed by atoms with Crippen molar-refractivity contribution < 1.29 is 0 Å². The Hall–Kier alpha value is -6.72. The molecule has 0 radical (unpaired) electrons. The number of anilines is 3. The second-order valence-electron chi connectivity index (χ2n) is 12.4. The van der Waals surface area contributed by atoms with Crippen LogP contribution in [0, 0.1) is 6.92 Å². The molecular weight excluding hydrogens is 611 g/mol. The number of para-hydroxylation sites is 3. The SMILES string of the molecule is Cc1ccccc1-c1nnc(-c2ccccc2)n1-c1ccc(N(c2ccccc2)c2ccc(-n3c4ccccc4c4ccccc43)cc2)cc1. The normalized spacial score (nSPS) is 11.3. The molecule has 238 valence electrons. The van der Waals surface area contributed by atoms with Gasteiger partial charge in [-0.3, -0.25) is 4.57 Å². The number of rotatable bonds is 7. The second kappa shape index (κ2) is 12.4. The number of aromatic nitrogens is 4. The fourth-order valence-electron chi connectivity index (χ4n) is 7.03. The van der Waals surface area contributed by atoms with Gasteiger partial charge in [-0.1, -0.05) is 109 Å². The molecule has 9 aromatic rings. The van der Waals surface area contributed by atoms with Gasteiger partial charge in [0.25, 0.3) is 0 Å². The van der Waals surface area contributed by atoms with Crippen LogP contribution in [0.3, 0.4) is 0 Å². The van der Waals surface area contributed by atoms with Crippen LogP contribution < -0.4 is 4.90 Å². The molecule has 0 bridgehead atoms. The highest BCUT2D eigenvalue weighted by molar-refractivity contribution is 6.09. The van der Waals surface area contributed by atoms with E-state index in [0.29, 0.717) is 0 Å². The van der Waals surface area contributed by atoms with Gasteiger partial charge in [-0.25, -0.2) is 0 Å². The Morgan fingerprint density at radius 3 is 1.46 bits per heavy atom. The zero-order valence-electron chi connectivity index (χ0n) is 27.6. The number of nitrogens with zero attached hydrogens (tertiary/aromatic N) is 5. The molecule has 5 nitrogen and oxygen atoms in total. The molecule has 0 aliphatic heterocycles. The number of aryl methyl sites for hydroxylation is 1. The first-order valence-corrected chi connectivity index (χ1v) is 16.9. The molecule has 0 N–H and O–H groups in total. The summed E-state index contributed by atoms with van der Waals surface area (Å²) in [4.78, 5) is 2.30. The topological polar surface area (TPSA) is 38.9 Å². The van der Waals surface area contributed by atoms with Crippen molar-refractivity contribution in [3.05, 3.63) is 188 Å². The summed E-state index contributed by atoms with van der Waals surface area (Å²) in [7, 11) is 0. The highest BCUT2D eigenvalue weighted by Gasteiger charge is 2.20. The smallest absolute Gasteiger partial charge is 0.169 e. The van der Waals surface area contributed by atoms with E-state index in [2.05, 4.69) is 185 Å². The van der Waals surface area contributed by atoms with Crippen LogP contribution in [0.4, 0.5) is 17.1 Å².